The average Bonchev–Trinajstić information content (AvgIpc) is 2.79. The van der Waals surface area contributed by atoms with Crippen molar-refractivity contribution in [3.63, 3.8) is 0 Å². The van der Waals surface area contributed by atoms with Crippen LogP contribution in [0.15, 0.2) is 47.4 Å². The van der Waals surface area contributed by atoms with E-state index in [1.54, 1.807) is 29.4 Å². The number of hydrogen-bond acceptors (Lipinski definition) is 4. The SMILES string of the molecule is Cc1cc(S(=O)(=O)N2CCCCC2)ccc1OCC(=O)NC1CCCc2ccccc21. The van der Waals surface area contributed by atoms with Crippen LogP contribution in [0, 0.1) is 6.92 Å². The van der Waals surface area contributed by atoms with Gasteiger partial charge in [-0.1, -0.05) is 30.7 Å². The van der Waals surface area contributed by atoms with Crippen molar-refractivity contribution in [1.82, 2.24) is 9.62 Å². The minimum absolute atomic E-state index is 0.0132. The molecular weight excluding hydrogens is 412 g/mol. The van der Waals surface area contributed by atoms with Crippen molar-refractivity contribution < 1.29 is 17.9 Å². The molecule has 1 N–H and O–H groups in total. The fourth-order valence-corrected chi connectivity index (χ4v) is 6.08. The molecule has 2 aliphatic rings. The van der Waals surface area contributed by atoms with Crippen LogP contribution in [0.1, 0.15) is 54.8 Å². The highest BCUT2D eigenvalue weighted by atomic mass is 32.2. The Balaban J connectivity index is 1.37. The Bertz CT molecular complexity index is 1050. The molecule has 2 aromatic rings. The third kappa shape index (κ3) is 4.93. The lowest BCUT2D eigenvalue weighted by Crippen LogP contribution is -2.35. The predicted octanol–water partition coefficient (Wildman–Crippen LogP) is 3.74. The molecular formula is C24H30N2O4S. The molecule has 7 heteroatoms. The van der Waals surface area contributed by atoms with E-state index in [0.29, 0.717) is 24.4 Å². The number of nitrogens with zero attached hydrogens (tertiary/aromatic N) is 1. The van der Waals surface area contributed by atoms with Gasteiger partial charge in [0.15, 0.2) is 6.61 Å². The second-order valence-electron chi connectivity index (χ2n) is 8.39. The summed E-state index contributed by atoms with van der Waals surface area (Å²) < 4.78 is 33.0. The van der Waals surface area contributed by atoms with Crippen molar-refractivity contribution in [2.24, 2.45) is 0 Å². The van der Waals surface area contributed by atoms with Gasteiger partial charge in [0.05, 0.1) is 10.9 Å². The van der Waals surface area contributed by atoms with Crippen LogP contribution in [0.5, 0.6) is 5.75 Å². The second kappa shape index (κ2) is 9.40. The van der Waals surface area contributed by atoms with Gasteiger partial charge >= 0.3 is 0 Å². The van der Waals surface area contributed by atoms with Gasteiger partial charge in [-0.3, -0.25) is 4.79 Å². The van der Waals surface area contributed by atoms with E-state index in [1.807, 2.05) is 12.1 Å². The zero-order valence-electron chi connectivity index (χ0n) is 18.0. The van der Waals surface area contributed by atoms with Gasteiger partial charge in [-0.15, -0.1) is 0 Å². The van der Waals surface area contributed by atoms with E-state index in [2.05, 4.69) is 17.4 Å². The highest BCUT2D eigenvalue weighted by Gasteiger charge is 2.26. The van der Waals surface area contributed by atoms with E-state index in [0.717, 1.165) is 38.5 Å². The van der Waals surface area contributed by atoms with E-state index in [9.17, 15) is 13.2 Å². The van der Waals surface area contributed by atoms with E-state index < -0.39 is 10.0 Å². The molecule has 1 fully saturated rings. The maximum Gasteiger partial charge on any atom is 0.258 e. The van der Waals surface area contributed by atoms with Gasteiger partial charge in [-0.25, -0.2) is 8.42 Å². The Morgan fingerprint density at radius 3 is 2.65 bits per heavy atom. The quantitative estimate of drug-likeness (QED) is 0.739. The normalized spacial score (nSPS) is 19.5. The van der Waals surface area contributed by atoms with E-state index in [-0.39, 0.29) is 23.5 Å². The van der Waals surface area contributed by atoms with Gasteiger partial charge in [0.1, 0.15) is 5.75 Å². The molecule has 0 spiro atoms. The predicted molar refractivity (Wildman–Crippen MR) is 120 cm³/mol. The smallest absolute Gasteiger partial charge is 0.258 e. The van der Waals surface area contributed by atoms with Crippen LogP contribution < -0.4 is 10.1 Å². The van der Waals surface area contributed by atoms with Gasteiger partial charge in [0.2, 0.25) is 10.0 Å². The highest BCUT2D eigenvalue weighted by Crippen LogP contribution is 2.29. The van der Waals surface area contributed by atoms with E-state index in [1.165, 1.54) is 11.1 Å². The summed E-state index contributed by atoms with van der Waals surface area (Å²) in [6.07, 6.45) is 5.90. The van der Waals surface area contributed by atoms with Crippen molar-refractivity contribution >= 4 is 15.9 Å². The number of benzene rings is 2. The number of amides is 1. The lowest BCUT2D eigenvalue weighted by atomic mass is 9.88. The van der Waals surface area contributed by atoms with Crippen LogP contribution in [0.2, 0.25) is 0 Å². The number of sulfonamides is 1. The Kier molecular flexibility index (Phi) is 6.62. The molecule has 6 nitrogen and oxygen atoms in total. The van der Waals surface area contributed by atoms with Gasteiger partial charge in [-0.05, 0) is 73.9 Å². The summed E-state index contributed by atoms with van der Waals surface area (Å²) in [5.74, 6) is 0.350. The minimum atomic E-state index is -3.48. The Labute approximate surface area is 184 Å². The summed E-state index contributed by atoms with van der Waals surface area (Å²) >= 11 is 0. The molecule has 0 aromatic heterocycles. The number of fused-ring (bicyclic) bond motifs is 1. The lowest BCUT2D eigenvalue weighted by Gasteiger charge is -2.26. The first-order valence-corrected chi connectivity index (χ1v) is 12.5. The number of nitrogens with one attached hydrogen (secondary N) is 1. The Hall–Kier alpha value is -2.38. The molecule has 0 bridgehead atoms. The molecule has 0 radical (unpaired) electrons. The summed E-state index contributed by atoms with van der Waals surface area (Å²) in [7, 11) is -3.48. The molecule has 0 saturated carbocycles. The third-order valence-corrected chi connectivity index (χ3v) is 8.06. The van der Waals surface area contributed by atoms with Gasteiger partial charge in [0, 0.05) is 13.1 Å². The Morgan fingerprint density at radius 1 is 1.10 bits per heavy atom. The van der Waals surface area contributed by atoms with Crippen LogP contribution in [-0.4, -0.2) is 38.3 Å². The fourth-order valence-electron chi connectivity index (χ4n) is 4.48. The Morgan fingerprint density at radius 2 is 1.87 bits per heavy atom. The minimum Gasteiger partial charge on any atom is -0.484 e. The number of rotatable bonds is 6. The van der Waals surface area contributed by atoms with Crippen molar-refractivity contribution in [1.29, 1.82) is 0 Å². The molecule has 1 aliphatic carbocycles. The summed E-state index contributed by atoms with van der Waals surface area (Å²) in [6, 6.07) is 13.1. The molecule has 4 rings (SSSR count). The molecule has 1 amide bonds. The number of piperidine rings is 1. The van der Waals surface area contributed by atoms with Crippen molar-refractivity contribution in [3.05, 3.63) is 59.2 Å². The van der Waals surface area contributed by atoms with E-state index >= 15 is 0 Å². The standard InChI is InChI=1S/C24H30N2O4S/c1-18-16-20(31(28,29)26-14-5-2-6-15-26)12-13-23(18)30-17-24(27)25-22-11-7-9-19-8-3-4-10-21(19)22/h3-4,8,10,12-13,16,22H,2,5-7,9,11,14-15,17H2,1H3,(H,25,27). The molecule has 31 heavy (non-hydrogen) atoms. The van der Waals surface area contributed by atoms with Crippen LogP contribution in [0.3, 0.4) is 0 Å². The third-order valence-electron chi connectivity index (χ3n) is 6.16. The van der Waals surface area contributed by atoms with Crippen molar-refractivity contribution in [3.8, 4) is 5.75 Å². The van der Waals surface area contributed by atoms with Crippen LogP contribution >= 0.6 is 0 Å². The van der Waals surface area contributed by atoms with E-state index in [4.69, 9.17) is 4.74 Å². The summed E-state index contributed by atoms with van der Waals surface area (Å²) in [6.45, 7) is 2.85. The molecule has 1 heterocycles. The average molecular weight is 443 g/mol. The molecule has 1 aliphatic heterocycles. The highest BCUT2D eigenvalue weighted by molar-refractivity contribution is 7.89. The molecule has 1 atom stereocenters. The number of hydrogen-bond donors (Lipinski definition) is 1. The van der Waals surface area contributed by atoms with Gasteiger partial charge < -0.3 is 10.1 Å². The maximum absolute atomic E-state index is 12.9. The van der Waals surface area contributed by atoms with Gasteiger partial charge in [0.25, 0.3) is 5.91 Å². The lowest BCUT2D eigenvalue weighted by molar-refractivity contribution is -0.124. The van der Waals surface area contributed by atoms with Crippen LogP contribution in [-0.2, 0) is 21.2 Å². The monoisotopic (exact) mass is 442 g/mol. The first-order valence-electron chi connectivity index (χ1n) is 11.1. The largest absolute Gasteiger partial charge is 0.484 e. The maximum atomic E-state index is 12.9. The topological polar surface area (TPSA) is 75.7 Å². The first-order chi connectivity index (χ1) is 14.9. The summed E-state index contributed by atoms with van der Waals surface area (Å²) in [4.78, 5) is 12.8. The molecule has 1 saturated heterocycles. The number of carbonyl (C=O) groups is 1. The number of ether oxygens (including phenoxy) is 1. The first kappa shape index (κ1) is 21.8. The zero-order valence-corrected chi connectivity index (χ0v) is 18.8. The zero-order chi connectivity index (χ0) is 21.8. The fraction of sp³-hybridized carbons (Fsp3) is 0.458. The van der Waals surface area contributed by atoms with Crippen LogP contribution in [0.25, 0.3) is 0 Å². The summed E-state index contributed by atoms with van der Waals surface area (Å²) in [5.41, 5.74) is 3.18. The molecule has 1 unspecified atom stereocenters. The number of aryl methyl sites for hydroxylation is 2. The molecule has 166 valence electrons. The van der Waals surface area contributed by atoms with Crippen molar-refractivity contribution in [2.45, 2.75) is 56.4 Å². The number of carbonyl (C=O) groups excluding carboxylic acids is 1. The molecule has 2 aromatic carbocycles. The summed E-state index contributed by atoms with van der Waals surface area (Å²) in [5, 5.41) is 3.08. The van der Waals surface area contributed by atoms with Crippen LogP contribution in [0.4, 0.5) is 0 Å². The van der Waals surface area contributed by atoms with Gasteiger partial charge in [-0.2, -0.15) is 4.31 Å². The van der Waals surface area contributed by atoms with Crippen molar-refractivity contribution in [2.75, 3.05) is 19.7 Å². The second-order valence-corrected chi connectivity index (χ2v) is 10.3.